The number of ketones is 2. The number of nitro benzene ring substituents is 1. The van der Waals surface area contributed by atoms with Gasteiger partial charge in [-0.3, -0.25) is 52.8 Å². The summed E-state index contributed by atoms with van der Waals surface area (Å²) in [5.74, 6) is -11.2. The summed E-state index contributed by atoms with van der Waals surface area (Å²) in [6.45, 7) is 0.477. The number of hydrazone groups is 1. The van der Waals surface area contributed by atoms with Crippen LogP contribution in [0.4, 0.5) is 26.0 Å². The molecule has 1 aromatic heterocycles. The van der Waals surface area contributed by atoms with E-state index in [1.54, 1.807) is 0 Å². The third-order valence-electron chi connectivity index (χ3n) is 11.8. The van der Waals surface area contributed by atoms with Crippen molar-refractivity contribution in [2.45, 2.75) is 88.3 Å². The molecular weight excluding hydrogens is 981 g/mol. The number of anilines is 2. The van der Waals surface area contributed by atoms with E-state index in [4.69, 9.17) is 4.74 Å². The molecule has 1 aliphatic carbocycles. The molecule has 72 heavy (non-hydrogen) atoms. The van der Waals surface area contributed by atoms with Crippen LogP contribution in [-0.2, 0) is 38.8 Å². The van der Waals surface area contributed by atoms with E-state index in [2.05, 4.69) is 31.5 Å². The number of amides is 5. The second-order valence-corrected chi connectivity index (χ2v) is 18.3. The Morgan fingerprint density at radius 3 is 2.29 bits per heavy atom. The summed E-state index contributed by atoms with van der Waals surface area (Å²) >= 11 is 0. The molecule has 2 aliphatic heterocycles. The van der Waals surface area contributed by atoms with Gasteiger partial charge in [0, 0.05) is 36.5 Å². The molecule has 384 valence electrons. The van der Waals surface area contributed by atoms with Crippen LogP contribution in [0.5, 0.6) is 0 Å². The van der Waals surface area contributed by atoms with Gasteiger partial charge in [0.05, 0.1) is 23.2 Å². The maximum Gasteiger partial charge on any atom is 0.351 e. The number of hydrogen-bond donors (Lipinski definition) is 7. The molecular formula is C44H47F2N9O16S. The highest BCUT2D eigenvalue weighted by molar-refractivity contribution is 7.85. The number of carbonyl (C=O) groups is 7. The lowest BCUT2D eigenvalue weighted by Crippen LogP contribution is -2.54. The lowest BCUT2D eigenvalue weighted by molar-refractivity contribution is -0.385. The molecule has 0 radical (unpaired) electrons. The van der Waals surface area contributed by atoms with Crippen LogP contribution in [0, 0.1) is 16.0 Å². The van der Waals surface area contributed by atoms with E-state index < -0.39 is 116 Å². The van der Waals surface area contributed by atoms with Crippen molar-refractivity contribution >= 4 is 74.1 Å². The average Bonchev–Trinajstić information content (AvgIpc) is 4.01. The highest BCUT2D eigenvalue weighted by atomic mass is 32.2. The zero-order valence-corrected chi connectivity index (χ0v) is 38.8. The molecule has 25 nitrogen and oxygen atoms in total. The van der Waals surface area contributed by atoms with Crippen molar-refractivity contribution in [3.8, 4) is 0 Å². The molecule has 2 aromatic carbocycles. The molecule has 5 atom stereocenters. The number of benzene rings is 2. The summed E-state index contributed by atoms with van der Waals surface area (Å²) in [4.78, 5) is 118. The minimum atomic E-state index is -4.83. The Morgan fingerprint density at radius 2 is 1.67 bits per heavy atom. The molecule has 3 aliphatic rings. The number of nitrogens with one attached hydrogen (secondary N) is 4. The smallest absolute Gasteiger partial charge is 0.351 e. The number of unbranched alkanes of at least 4 members (excludes halogenated alkanes) is 2. The van der Waals surface area contributed by atoms with Crippen LogP contribution in [0.15, 0.2) is 76.8 Å². The van der Waals surface area contributed by atoms with Crippen LogP contribution < -0.4 is 27.1 Å². The summed E-state index contributed by atoms with van der Waals surface area (Å²) in [7, 11) is -4.83. The predicted octanol–water partition coefficient (Wildman–Crippen LogP) is 1.02. The van der Waals surface area contributed by atoms with E-state index >= 15 is 0 Å². The van der Waals surface area contributed by atoms with Gasteiger partial charge in [0.1, 0.15) is 35.3 Å². The maximum absolute atomic E-state index is 14.5. The topological polar surface area (TPSA) is 365 Å². The van der Waals surface area contributed by atoms with Gasteiger partial charge in [-0.2, -0.15) is 27.3 Å². The number of aromatic nitrogens is 2. The minimum absolute atomic E-state index is 0.0370. The van der Waals surface area contributed by atoms with Crippen molar-refractivity contribution in [2.75, 3.05) is 29.5 Å². The number of aliphatic hydroxyl groups is 2. The fourth-order valence-electron chi connectivity index (χ4n) is 8.06. The van der Waals surface area contributed by atoms with Crippen LogP contribution in [0.1, 0.15) is 84.4 Å². The second kappa shape index (κ2) is 22.7. The highest BCUT2D eigenvalue weighted by Gasteiger charge is 2.59. The predicted molar refractivity (Wildman–Crippen MR) is 245 cm³/mol. The molecule has 0 saturated carbocycles. The van der Waals surface area contributed by atoms with Gasteiger partial charge in [-0.05, 0) is 80.7 Å². The highest BCUT2D eigenvalue weighted by Crippen LogP contribution is 2.42. The van der Waals surface area contributed by atoms with Gasteiger partial charge in [0.2, 0.25) is 23.9 Å². The molecule has 2 saturated heterocycles. The Labute approximate surface area is 406 Å². The number of hydrogen-bond acceptors (Lipinski definition) is 17. The summed E-state index contributed by atoms with van der Waals surface area (Å²) in [5.41, 5.74) is 0.124. The fraction of sp³-hybridized carbons (Fsp3) is 0.409. The average molecular weight is 1030 g/mol. The molecule has 28 heteroatoms. The van der Waals surface area contributed by atoms with Gasteiger partial charge >= 0.3 is 11.6 Å². The van der Waals surface area contributed by atoms with Gasteiger partial charge in [0.15, 0.2) is 17.7 Å². The quantitative estimate of drug-likeness (QED) is 0.0207. The van der Waals surface area contributed by atoms with Crippen LogP contribution in [0.25, 0.3) is 0 Å². The van der Waals surface area contributed by atoms with Gasteiger partial charge in [-0.15, -0.1) is 0 Å². The van der Waals surface area contributed by atoms with Gasteiger partial charge < -0.3 is 35.8 Å². The Morgan fingerprint density at radius 1 is 0.986 bits per heavy atom. The van der Waals surface area contributed by atoms with Crippen molar-refractivity contribution in [3.63, 3.8) is 0 Å². The Kier molecular flexibility index (Phi) is 17.0. The van der Waals surface area contributed by atoms with Crippen LogP contribution in [0.3, 0.4) is 0 Å². The van der Waals surface area contributed by atoms with E-state index in [1.165, 1.54) is 49.4 Å². The second-order valence-electron chi connectivity index (χ2n) is 16.8. The van der Waals surface area contributed by atoms with Crippen molar-refractivity contribution in [1.29, 1.82) is 0 Å². The maximum atomic E-state index is 14.5. The van der Waals surface area contributed by atoms with E-state index in [1.807, 2.05) is 0 Å². The first-order valence-electron chi connectivity index (χ1n) is 22.1. The number of rotatable bonds is 20. The van der Waals surface area contributed by atoms with Gasteiger partial charge in [0.25, 0.3) is 27.6 Å². The number of allylic oxidation sites excluding steroid dienone is 2. The van der Waals surface area contributed by atoms with E-state index in [0.29, 0.717) is 23.0 Å². The minimum Gasteiger partial charge on any atom is -0.394 e. The first-order valence-corrected chi connectivity index (χ1v) is 23.7. The zero-order chi connectivity index (χ0) is 52.7. The van der Waals surface area contributed by atoms with E-state index in [0.717, 1.165) is 29.3 Å². The Bertz CT molecular complexity index is 2880. The fourth-order valence-corrected chi connectivity index (χ4v) is 8.70. The normalized spacial score (nSPS) is 20.3. The number of nitrogens with zero attached hydrogens (tertiary/aromatic N) is 5. The number of halogens is 2. The third-order valence-corrected chi connectivity index (χ3v) is 12.6. The third kappa shape index (κ3) is 12.9. The van der Waals surface area contributed by atoms with E-state index in [-0.39, 0.29) is 73.0 Å². The summed E-state index contributed by atoms with van der Waals surface area (Å²) in [5, 5.41) is 42.1. The largest absolute Gasteiger partial charge is 0.394 e. The number of carbonyl (C=O) groups excluding carboxylic acids is 7. The van der Waals surface area contributed by atoms with Crippen molar-refractivity contribution in [3.05, 3.63) is 104 Å². The van der Waals surface area contributed by atoms with Crippen LogP contribution in [0.2, 0.25) is 0 Å². The molecule has 0 bridgehead atoms. The van der Waals surface area contributed by atoms with Crippen LogP contribution >= 0.6 is 0 Å². The lowest BCUT2D eigenvalue weighted by atomic mass is 9.97. The first-order chi connectivity index (χ1) is 34.0. The number of ether oxygens (including phenoxy) is 1. The molecule has 2 fully saturated rings. The first kappa shape index (κ1) is 53.8. The van der Waals surface area contributed by atoms with Gasteiger partial charge in [-0.1, -0.05) is 25.0 Å². The van der Waals surface area contributed by atoms with Crippen molar-refractivity contribution in [1.82, 2.24) is 25.2 Å². The summed E-state index contributed by atoms with van der Waals surface area (Å²) < 4.78 is 67.8. The molecule has 3 aromatic rings. The molecule has 3 heterocycles. The number of likely N-dealkylation sites (tertiary alicyclic amines) is 1. The summed E-state index contributed by atoms with van der Waals surface area (Å²) in [6, 6.07) is 6.62. The van der Waals surface area contributed by atoms with Crippen molar-refractivity contribution in [2.24, 2.45) is 11.0 Å². The number of aliphatic hydroxyl groups excluding tert-OH is 2. The van der Waals surface area contributed by atoms with Gasteiger partial charge in [-0.25, -0.2) is 10.2 Å². The van der Waals surface area contributed by atoms with Crippen LogP contribution in [-0.4, -0.2) is 138 Å². The Hall–Kier alpha value is -7.53. The lowest BCUT2D eigenvalue weighted by Gasteiger charge is -2.28. The molecule has 1 unspecified atom stereocenters. The standard InChI is InChI=1S/C44H47F2N9O16S/c1-23(24-9-11-25(12-10-24)38(61)49-35-17-19-54(43(65)50-35)42-44(45,46)37(60)34(21-56)71-42)51-52-39(62)27-14-13-26(20-31(27)55(66)67)47-40(63)30-7-5-18-53(30)41(64)29(22-72(68,69)70)48-36(59)8-4-2-3-6-28-32(57)15-16-33(28)58/h9-17,19-20,28-30,34,37,42,56,60H,2-8,18,21-22H2,1H3,(H,47,63)(H,48,59)(H,52,62)(H,68,69,70)(H,49,50,61,65)/b51-23+/t29-,30+,34-,37?,42-/m1/s1. The molecule has 0 spiro atoms. The monoisotopic (exact) mass is 1030 g/mol. The zero-order valence-electron chi connectivity index (χ0n) is 37.9. The number of nitro groups is 1. The SMILES string of the molecule is C/C(=N\NC(=O)c1ccc(NC(=O)[C@@H]2CCCN2C(=O)[C@@H](CS(=O)(=O)O)NC(=O)CCCCCC2C(=O)C=CC2=O)cc1[N+](=O)[O-])c1ccc(C(=O)Nc2ccn([C@@H]3O[C@H](CO)C(O)C3(F)F)c(=O)n2)cc1. The molecule has 7 N–H and O–H groups in total. The molecule has 5 amide bonds. The Balaban J connectivity index is 1.03. The summed E-state index contributed by atoms with van der Waals surface area (Å²) in [6.07, 6.45) is -1.43. The van der Waals surface area contributed by atoms with E-state index in [9.17, 15) is 80.4 Å². The molecule has 6 rings (SSSR count). The van der Waals surface area contributed by atoms with Crippen molar-refractivity contribution < 1.29 is 75.2 Å². The number of alkyl halides is 2.